The fraction of sp³-hybridized carbons (Fsp3) is 0.200. The van der Waals surface area contributed by atoms with Crippen LogP contribution >= 0.6 is 23.1 Å². The Morgan fingerprint density at radius 3 is 2.72 bits per heavy atom. The van der Waals surface area contributed by atoms with Crippen LogP contribution < -0.4 is 14.8 Å². The number of aromatic nitrogens is 1. The number of thioether (sulfide) groups is 1. The zero-order chi connectivity index (χ0) is 20.6. The van der Waals surface area contributed by atoms with Crippen molar-refractivity contribution in [2.24, 2.45) is 0 Å². The van der Waals surface area contributed by atoms with E-state index in [2.05, 4.69) is 15.0 Å². The molecule has 1 aromatic heterocycles. The predicted octanol–water partition coefficient (Wildman–Crippen LogP) is 4.83. The Hall–Kier alpha value is -2.65. The van der Waals surface area contributed by atoms with Crippen molar-refractivity contribution < 1.29 is 23.0 Å². The zero-order valence-electron chi connectivity index (χ0n) is 15.4. The highest BCUT2D eigenvalue weighted by molar-refractivity contribution is 8.01. The molecule has 3 aromatic rings. The van der Waals surface area contributed by atoms with Gasteiger partial charge in [-0.25, -0.2) is 4.98 Å². The molecule has 152 valence electrons. The fourth-order valence-corrected chi connectivity index (χ4v) is 4.12. The first-order valence-corrected chi connectivity index (χ1v) is 10.4. The summed E-state index contributed by atoms with van der Waals surface area (Å²) < 4.78 is 35.0. The topological polar surface area (TPSA) is 60.5 Å². The van der Waals surface area contributed by atoms with Gasteiger partial charge in [-0.3, -0.25) is 4.79 Å². The smallest absolute Gasteiger partial charge is 0.387 e. The number of amides is 1. The SMILES string of the molecule is COc1cc(CNC(=O)CSc2nc(-c3ccccc3)cs2)ccc1OC(F)F. The fourth-order valence-electron chi connectivity index (χ4n) is 2.46. The van der Waals surface area contributed by atoms with Gasteiger partial charge < -0.3 is 14.8 Å². The molecule has 29 heavy (non-hydrogen) atoms. The molecular weight excluding hydrogens is 418 g/mol. The van der Waals surface area contributed by atoms with Gasteiger partial charge in [-0.1, -0.05) is 48.2 Å². The number of methoxy groups -OCH3 is 1. The minimum absolute atomic E-state index is 0.0499. The van der Waals surface area contributed by atoms with Gasteiger partial charge in [0.2, 0.25) is 5.91 Å². The van der Waals surface area contributed by atoms with Crippen LogP contribution in [-0.2, 0) is 11.3 Å². The van der Waals surface area contributed by atoms with Crippen LogP contribution in [0.2, 0.25) is 0 Å². The van der Waals surface area contributed by atoms with E-state index in [0.717, 1.165) is 15.6 Å². The van der Waals surface area contributed by atoms with Crippen LogP contribution in [0.1, 0.15) is 5.56 Å². The summed E-state index contributed by atoms with van der Waals surface area (Å²) in [5.74, 6) is 0.206. The van der Waals surface area contributed by atoms with Gasteiger partial charge in [-0.05, 0) is 17.7 Å². The van der Waals surface area contributed by atoms with Crippen molar-refractivity contribution in [2.45, 2.75) is 17.5 Å². The monoisotopic (exact) mass is 436 g/mol. The molecule has 0 atom stereocenters. The van der Waals surface area contributed by atoms with Crippen LogP contribution in [0.25, 0.3) is 11.3 Å². The summed E-state index contributed by atoms with van der Waals surface area (Å²) in [7, 11) is 1.37. The van der Waals surface area contributed by atoms with Gasteiger partial charge >= 0.3 is 6.61 Å². The third-order valence-corrected chi connectivity index (χ3v) is 5.83. The molecule has 0 aliphatic rings. The van der Waals surface area contributed by atoms with Gasteiger partial charge in [0.05, 0.1) is 18.6 Å². The molecule has 1 N–H and O–H groups in total. The average molecular weight is 437 g/mol. The first kappa shape index (κ1) is 21.1. The van der Waals surface area contributed by atoms with Gasteiger partial charge in [0.1, 0.15) is 0 Å². The van der Waals surface area contributed by atoms with Gasteiger partial charge in [-0.2, -0.15) is 8.78 Å². The standard InChI is InChI=1S/C20H18F2N2O3S2/c1-26-17-9-13(7-8-16(17)27-19(21)22)10-23-18(25)12-29-20-24-15(11-28-20)14-5-3-2-4-6-14/h2-9,11,19H,10,12H2,1H3,(H,23,25). The second-order valence-electron chi connectivity index (χ2n) is 5.79. The Morgan fingerprint density at radius 1 is 1.21 bits per heavy atom. The lowest BCUT2D eigenvalue weighted by atomic mass is 10.2. The molecule has 0 saturated heterocycles. The maximum atomic E-state index is 12.4. The Labute approximate surface area is 175 Å². The van der Waals surface area contributed by atoms with Crippen LogP contribution in [0, 0.1) is 0 Å². The lowest BCUT2D eigenvalue weighted by molar-refractivity contribution is -0.118. The van der Waals surface area contributed by atoms with Crippen LogP contribution in [0.4, 0.5) is 8.78 Å². The van der Waals surface area contributed by atoms with Crippen molar-refractivity contribution in [1.29, 1.82) is 0 Å². The Balaban J connectivity index is 1.50. The molecule has 0 bridgehead atoms. The van der Waals surface area contributed by atoms with E-state index in [1.807, 2.05) is 35.7 Å². The van der Waals surface area contributed by atoms with Gasteiger partial charge in [0.25, 0.3) is 0 Å². The van der Waals surface area contributed by atoms with E-state index in [0.29, 0.717) is 5.56 Å². The summed E-state index contributed by atoms with van der Waals surface area (Å²) in [6.45, 7) is -2.68. The Kier molecular flexibility index (Phi) is 7.42. The molecule has 0 aliphatic carbocycles. The number of nitrogens with one attached hydrogen (secondary N) is 1. The second-order valence-corrected chi connectivity index (χ2v) is 7.87. The van der Waals surface area contributed by atoms with Crippen molar-refractivity contribution in [3.05, 3.63) is 59.5 Å². The molecule has 0 unspecified atom stereocenters. The third-order valence-electron chi connectivity index (χ3n) is 3.81. The summed E-state index contributed by atoms with van der Waals surface area (Å²) in [6, 6.07) is 14.4. The molecule has 5 nitrogen and oxygen atoms in total. The van der Waals surface area contributed by atoms with E-state index in [-0.39, 0.29) is 29.7 Å². The first-order chi connectivity index (χ1) is 14.0. The molecule has 3 rings (SSSR count). The number of carbonyl (C=O) groups excluding carboxylic acids is 1. The lowest BCUT2D eigenvalue weighted by Gasteiger charge is -2.11. The van der Waals surface area contributed by atoms with Crippen molar-refractivity contribution in [3.63, 3.8) is 0 Å². The number of carbonyl (C=O) groups is 1. The van der Waals surface area contributed by atoms with E-state index >= 15 is 0 Å². The largest absolute Gasteiger partial charge is 0.493 e. The van der Waals surface area contributed by atoms with Crippen LogP contribution in [-0.4, -0.2) is 30.4 Å². The molecule has 0 saturated carbocycles. The number of halogens is 2. The summed E-state index contributed by atoms with van der Waals surface area (Å²) in [6.07, 6.45) is 0. The molecular formula is C20H18F2N2O3S2. The van der Waals surface area contributed by atoms with Crippen LogP contribution in [0.3, 0.4) is 0 Å². The minimum Gasteiger partial charge on any atom is -0.493 e. The molecule has 1 amide bonds. The Bertz CT molecular complexity index is 952. The molecule has 0 radical (unpaired) electrons. The normalized spacial score (nSPS) is 10.8. The minimum atomic E-state index is -2.93. The number of thiazole rings is 1. The summed E-state index contributed by atoms with van der Waals surface area (Å²) in [5.41, 5.74) is 2.63. The highest BCUT2D eigenvalue weighted by Gasteiger charge is 2.12. The maximum absolute atomic E-state index is 12.4. The van der Waals surface area contributed by atoms with E-state index < -0.39 is 6.61 Å². The van der Waals surface area contributed by atoms with Crippen molar-refractivity contribution >= 4 is 29.0 Å². The quantitative estimate of drug-likeness (QED) is 0.487. The maximum Gasteiger partial charge on any atom is 0.387 e. The molecule has 0 fully saturated rings. The van der Waals surface area contributed by atoms with Gasteiger partial charge in [0.15, 0.2) is 15.8 Å². The number of alkyl halides is 2. The predicted molar refractivity (Wildman–Crippen MR) is 110 cm³/mol. The molecule has 2 aromatic carbocycles. The van der Waals surface area contributed by atoms with E-state index in [4.69, 9.17) is 4.74 Å². The van der Waals surface area contributed by atoms with Gasteiger partial charge in [-0.15, -0.1) is 11.3 Å². The summed E-state index contributed by atoms with van der Waals surface area (Å²) >= 11 is 2.86. The van der Waals surface area contributed by atoms with E-state index in [1.54, 1.807) is 12.1 Å². The third kappa shape index (κ3) is 6.16. The van der Waals surface area contributed by atoms with E-state index in [1.165, 1.54) is 36.3 Å². The number of benzene rings is 2. The highest BCUT2D eigenvalue weighted by Crippen LogP contribution is 2.30. The molecule has 1 heterocycles. The van der Waals surface area contributed by atoms with Crippen molar-refractivity contribution in [2.75, 3.05) is 12.9 Å². The van der Waals surface area contributed by atoms with Crippen molar-refractivity contribution in [3.8, 4) is 22.8 Å². The molecule has 0 aliphatic heterocycles. The van der Waals surface area contributed by atoms with E-state index in [9.17, 15) is 13.6 Å². The molecule has 9 heteroatoms. The number of hydrogen-bond donors (Lipinski definition) is 1. The summed E-state index contributed by atoms with van der Waals surface area (Å²) in [5, 5.41) is 4.75. The van der Waals surface area contributed by atoms with Gasteiger partial charge in [0, 0.05) is 17.5 Å². The average Bonchev–Trinajstić information content (AvgIpc) is 3.21. The van der Waals surface area contributed by atoms with Crippen LogP contribution in [0.15, 0.2) is 58.3 Å². The second kappa shape index (κ2) is 10.2. The lowest BCUT2D eigenvalue weighted by Crippen LogP contribution is -2.24. The number of hydrogen-bond acceptors (Lipinski definition) is 6. The summed E-state index contributed by atoms with van der Waals surface area (Å²) in [4.78, 5) is 16.7. The van der Waals surface area contributed by atoms with Crippen molar-refractivity contribution in [1.82, 2.24) is 10.3 Å². The highest BCUT2D eigenvalue weighted by atomic mass is 32.2. The first-order valence-electron chi connectivity index (χ1n) is 8.57. The molecule has 0 spiro atoms. The zero-order valence-corrected chi connectivity index (χ0v) is 17.1. The van der Waals surface area contributed by atoms with Crippen LogP contribution in [0.5, 0.6) is 11.5 Å². The Morgan fingerprint density at radius 2 is 2.00 bits per heavy atom. The number of nitrogens with zero attached hydrogens (tertiary/aromatic N) is 1. The number of rotatable bonds is 9. The number of ether oxygens (including phenoxy) is 2.